The van der Waals surface area contributed by atoms with Crippen LogP contribution < -0.4 is 10.6 Å². The first-order valence-electron chi connectivity index (χ1n) is 8.48. The molecule has 0 radical (unpaired) electrons. The summed E-state index contributed by atoms with van der Waals surface area (Å²) >= 11 is 0.982. The molecule has 0 spiro atoms. The maximum Gasteiger partial charge on any atom is 0.348 e. The summed E-state index contributed by atoms with van der Waals surface area (Å²) in [5.74, 6) is -1.15. The molecule has 1 aromatic heterocycles. The molecule has 0 atom stereocenters. The minimum Gasteiger partial charge on any atom is -0.462 e. The SMILES string of the molecule is CCOC(=O)c1c(NC(=O)Nc2ccccc2)sc(C(=O)OC(C)C)c1C. The van der Waals surface area contributed by atoms with Gasteiger partial charge in [0.2, 0.25) is 0 Å². The normalized spacial score (nSPS) is 10.4. The Balaban J connectivity index is 2.31. The van der Waals surface area contributed by atoms with Gasteiger partial charge in [-0.25, -0.2) is 14.4 Å². The van der Waals surface area contributed by atoms with E-state index in [0.717, 1.165) is 11.3 Å². The fourth-order valence-corrected chi connectivity index (χ4v) is 3.37. The number of nitrogens with one attached hydrogen (secondary N) is 2. The van der Waals surface area contributed by atoms with Crippen LogP contribution in [0.15, 0.2) is 30.3 Å². The quantitative estimate of drug-likeness (QED) is 0.711. The number of urea groups is 1. The summed E-state index contributed by atoms with van der Waals surface area (Å²) in [5.41, 5.74) is 1.17. The molecule has 0 saturated heterocycles. The number of carbonyl (C=O) groups excluding carboxylic acids is 3. The highest BCUT2D eigenvalue weighted by atomic mass is 32.1. The van der Waals surface area contributed by atoms with Gasteiger partial charge < -0.3 is 14.8 Å². The van der Waals surface area contributed by atoms with Crippen molar-refractivity contribution < 1.29 is 23.9 Å². The van der Waals surface area contributed by atoms with Crippen LogP contribution in [0.5, 0.6) is 0 Å². The van der Waals surface area contributed by atoms with Gasteiger partial charge in [-0.2, -0.15) is 0 Å². The van der Waals surface area contributed by atoms with Crippen LogP contribution in [-0.2, 0) is 9.47 Å². The average molecular weight is 390 g/mol. The van der Waals surface area contributed by atoms with Crippen molar-refractivity contribution in [2.24, 2.45) is 0 Å². The lowest BCUT2D eigenvalue weighted by atomic mass is 10.1. The summed E-state index contributed by atoms with van der Waals surface area (Å²) in [4.78, 5) is 37.2. The van der Waals surface area contributed by atoms with E-state index in [2.05, 4.69) is 10.6 Å². The van der Waals surface area contributed by atoms with Crippen LogP contribution in [0.25, 0.3) is 0 Å². The van der Waals surface area contributed by atoms with Crippen molar-refractivity contribution in [3.63, 3.8) is 0 Å². The summed E-state index contributed by atoms with van der Waals surface area (Å²) in [6.45, 7) is 6.96. The van der Waals surface area contributed by atoms with Gasteiger partial charge >= 0.3 is 18.0 Å². The number of rotatable bonds is 6. The van der Waals surface area contributed by atoms with Gasteiger partial charge in [-0.05, 0) is 45.4 Å². The number of carbonyl (C=O) groups is 3. The van der Waals surface area contributed by atoms with E-state index in [-0.39, 0.29) is 28.2 Å². The van der Waals surface area contributed by atoms with Gasteiger partial charge in [-0.15, -0.1) is 11.3 Å². The van der Waals surface area contributed by atoms with E-state index in [9.17, 15) is 14.4 Å². The van der Waals surface area contributed by atoms with E-state index >= 15 is 0 Å². The monoisotopic (exact) mass is 390 g/mol. The van der Waals surface area contributed by atoms with Crippen LogP contribution in [0, 0.1) is 6.92 Å². The molecule has 0 unspecified atom stereocenters. The molecule has 2 amide bonds. The molecular formula is C19H22N2O5S. The lowest BCUT2D eigenvalue weighted by Gasteiger charge is -2.08. The Labute approximate surface area is 161 Å². The van der Waals surface area contributed by atoms with Gasteiger partial charge in [0.05, 0.1) is 18.3 Å². The molecule has 2 N–H and O–H groups in total. The minimum absolute atomic E-state index is 0.153. The minimum atomic E-state index is -0.607. The van der Waals surface area contributed by atoms with Gasteiger partial charge in [0.15, 0.2) is 0 Å². The summed E-state index contributed by atoms with van der Waals surface area (Å²) < 4.78 is 10.3. The van der Waals surface area contributed by atoms with Crippen LogP contribution in [0.2, 0.25) is 0 Å². The van der Waals surface area contributed by atoms with Gasteiger partial charge in [0, 0.05) is 5.69 Å². The van der Waals surface area contributed by atoms with Crippen LogP contribution in [0.3, 0.4) is 0 Å². The number of benzene rings is 1. The fourth-order valence-electron chi connectivity index (χ4n) is 2.30. The highest BCUT2D eigenvalue weighted by molar-refractivity contribution is 7.18. The zero-order valence-corrected chi connectivity index (χ0v) is 16.4. The molecule has 1 aromatic carbocycles. The zero-order chi connectivity index (χ0) is 20.0. The first-order valence-corrected chi connectivity index (χ1v) is 9.29. The Kier molecular flexibility index (Phi) is 6.95. The van der Waals surface area contributed by atoms with Crippen molar-refractivity contribution in [3.05, 3.63) is 46.3 Å². The van der Waals surface area contributed by atoms with Crippen molar-refractivity contribution in [2.75, 3.05) is 17.2 Å². The Hall–Kier alpha value is -2.87. The number of para-hydroxylation sites is 1. The van der Waals surface area contributed by atoms with Gasteiger partial charge in [0.25, 0.3) is 0 Å². The van der Waals surface area contributed by atoms with E-state index in [1.165, 1.54) is 0 Å². The maximum atomic E-state index is 12.3. The van der Waals surface area contributed by atoms with Crippen molar-refractivity contribution >= 4 is 40.0 Å². The van der Waals surface area contributed by atoms with E-state index in [1.54, 1.807) is 52.0 Å². The number of hydrogen-bond acceptors (Lipinski definition) is 6. The predicted molar refractivity (Wildman–Crippen MR) is 105 cm³/mol. The molecular weight excluding hydrogens is 368 g/mol. The Bertz CT molecular complexity index is 830. The fraction of sp³-hybridized carbons (Fsp3) is 0.316. The third-order valence-electron chi connectivity index (χ3n) is 3.41. The average Bonchev–Trinajstić information content (AvgIpc) is 2.91. The van der Waals surface area contributed by atoms with Crippen molar-refractivity contribution in [2.45, 2.75) is 33.8 Å². The molecule has 2 rings (SSSR count). The number of esters is 2. The Morgan fingerprint density at radius 1 is 1.07 bits per heavy atom. The number of thiophene rings is 1. The third-order valence-corrected chi connectivity index (χ3v) is 4.60. The standard InChI is InChI=1S/C19H22N2O5S/c1-5-25-17(22)14-12(4)15(18(23)26-11(2)3)27-16(14)21-19(24)20-13-9-7-6-8-10-13/h6-11H,5H2,1-4H3,(H2,20,21,24). The van der Waals surface area contributed by atoms with E-state index in [1.807, 2.05) is 6.07 Å². The van der Waals surface area contributed by atoms with E-state index in [0.29, 0.717) is 11.3 Å². The largest absolute Gasteiger partial charge is 0.462 e. The number of hydrogen-bond donors (Lipinski definition) is 2. The molecule has 7 nitrogen and oxygen atoms in total. The molecule has 0 saturated carbocycles. The maximum absolute atomic E-state index is 12.3. The molecule has 27 heavy (non-hydrogen) atoms. The van der Waals surface area contributed by atoms with E-state index < -0.39 is 18.0 Å². The topological polar surface area (TPSA) is 93.7 Å². The molecule has 0 fully saturated rings. The second-order valence-electron chi connectivity index (χ2n) is 5.88. The zero-order valence-electron chi connectivity index (χ0n) is 15.6. The van der Waals surface area contributed by atoms with Crippen LogP contribution >= 0.6 is 11.3 Å². The predicted octanol–water partition coefficient (Wildman–Crippen LogP) is 4.44. The number of amides is 2. The summed E-state index contributed by atoms with van der Waals surface area (Å²) in [6.07, 6.45) is -0.303. The van der Waals surface area contributed by atoms with Crippen LogP contribution in [0.1, 0.15) is 46.4 Å². The van der Waals surface area contributed by atoms with Crippen molar-refractivity contribution in [1.82, 2.24) is 0 Å². The van der Waals surface area contributed by atoms with Crippen molar-refractivity contribution in [3.8, 4) is 0 Å². The first-order chi connectivity index (χ1) is 12.8. The van der Waals surface area contributed by atoms with Gasteiger partial charge in [-0.1, -0.05) is 18.2 Å². The smallest absolute Gasteiger partial charge is 0.348 e. The Morgan fingerprint density at radius 2 is 1.74 bits per heavy atom. The molecule has 2 aromatic rings. The molecule has 0 aliphatic heterocycles. The molecule has 1 heterocycles. The lowest BCUT2D eigenvalue weighted by molar-refractivity contribution is 0.0383. The van der Waals surface area contributed by atoms with Gasteiger partial charge in [0.1, 0.15) is 9.88 Å². The highest BCUT2D eigenvalue weighted by Gasteiger charge is 2.27. The summed E-state index contributed by atoms with van der Waals surface area (Å²) in [6, 6.07) is 8.34. The molecule has 0 aliphatic carbocycles. The second-order valence-corrected chi connectivity index (χ2v) is 6.90. The summed E-state index contributed by atoms with van der Waals surface area (Å²) in [5, 5.41) is 5.53. The molecule has 0 aliphatic rings. The van der Waals surface area contributed by atoms with Crippen LogP contribution in [-0.4, -0.2) is 30.7 Å². The number of anilines is 2. The molecule has 144 valence electrons. The second kappa shape index (κ2) is 9.18. The first kappa shape index (κ1) is 20.4. The van der Waals surface area contributed by atoms with E-state index in [4.69, 9.17) is 9.47 Å². The molecule has 0 bridgehead atoms. The lowest BCUT2D eigenvalue weighted by Crippen LogP contribution is -2.20. The highest BCUT2D eigenvalue weighted by Crippen LogP contribution is 2.34. The van der Waals surface area contributed by atoms with Crippen molar-refractivity contribution in [1.29, 1.82) is 0 Å². The molecule has 8 heteroatoms. The van der Waals surface area contributed by atoms with Gasteiger partial charge in [-0.3, -0.25) is 5.32 Å². The Morgan fingerprint density at radius 3 is 2.33 bits per heavy atom. The summed E-state index contributed by atoms with van der Waals surface area (Å²) in [7, 11) is 0. The third kappa shape index (κ3) is 5.30. The van der Waals surface area contributed by atoms with Crippen LogP contribution in [0.4, 0.5) is 15.5 Å². The number of ether oxygens (including phenoxy) is 2.